The zero-order valence-electron chi connectivity index (χ0n) is 27.3. The van der Waals surface area contributed by atoms with Gasteiger partial charge in [-0.25, -0.2) is 9.97 Å². The molecule has 0 amide bonds. The Morgan fingerprint density at radius 1 is 0.490 bits per heavy atom. The highest BCUT2D eigenvalue weighted by molar-refractivity contribution is 5.99. The lowest BCUT2D eigenvalue weighted by Crippen LogP contribution is -2.14. The Kier molecular flexibility index (Phi) is 6.54. The van der Waals surface area contributed by atoms with Crippen LogP contribution in [0.1, 0.15) is 30.5 Å². The monoisotopic (exact) mass is 625 g/mol. The molecule has 1 aromatic heterocycles. The molecule has 8 aromatic rings. The van der Waals surface area contributed by atoms with Crippen LogP contribution in [-0.4, -0.2) is 9.97 Å². The van der Waals surface area contributed by atoms with E-state index in [0.717, 1.165) is 72.1 Å². The largest absolute Gasteiger partial charge is 0.228 e. The van der Waals surface area contributed by atoms with Gasteiger partial charge in [0.2, 0.25) is 0 Å². The zero-order valence-corrected chi connectivity index (χ0v) is 27.3. The number of benzene rings is 7. The summed E-state index contributed by atoms with van der Waals surface area (Å²) in [5.41, 5.74) is 12.3. The highest BCUT2D eigenvalue weighted by Crippen LogP contribution is 2.53. The van der Waals surface area contributed by atoms with Gasteiger partial charge >= 0.3 is 0 Å². The smallest absolute Gasteiger partial charge is 0.161 e. The fraction of sp³-hybridized carbons (Fsp3) is 0.0652. The molecule has 1 aliphatic rings. The summed E-state index contributed by atoms with van der Waals surface area (Å²) >= 11 is 0. The molecule has 0 saturated carbocycles. The molecule has 7 aromatic carbocycles. The van der Waals surface area contributed by atoms with Gasteiger partial charge in [-0.15, -0.1) is 0 Å². The molecule has 0 bridgehead atoms. The topological polar surface area (TPSA) is 49.6 Å². The summed E-state index contributed by atoms with van der Waals surface area (Å²) in [5, 5.41) is 14.7. The molecule has 0 unspecified atom stereocenters. The van der Waals surface area contributed by atoms with E-state index in [1.807, 2.05) is 12.1 Å². The number of rotatable bonds is 4. The molecule has 0 radical (unpaired) electrons. The second-order valence-electron chi connectivity index (χ2n) is 13.3. The third-order valence-corrected chi connectivity index (χ3v) is 10.2. The van der Waals surface area contributed by atoms with E-state index < -0.39 is 0 Å². The Morgan fingerprint density at radius 3 is 1.73 bits per heavy atom. The van der Waals surface area contributed by atoms with Crippen LogP contribution in [0.5, 0.6) is 0 Å². The summed E-state index contributed by atoms with van der Waals surface area (Å²) in [5.74, 6) is 0.699. The summed E-state index contributed by atoms with van der Waals surface area (Å²) in [6.07, 6.45) is 0. The van der Waals surface area contributed by atoms with Crippen LogP contribution in [0.2, 0.25) is 0 Å². The van der Waals surface area contributed by atoms with E-state index in [1.165, 1.54) is 16.5 Å². The van der Waals surface area contributed by atoms with Gasteiger partial charge in [-0.1, -0.05) is 153 Å². The first-order valence-corrected chi connectivity index (χ1v) is 16.6. The average Bonchev–Trinajstić information content (AvgIpc) is 3.40. The van der Waals surface area contributed by atoms with Crippen LogP contribution < -0.4 is 0 Å². The van der Waals surface area contributed by atoms with Crippen LogP contribution in [0.25, 0.3) is 77.7 Å². The Labute approximate surface area is 285 Å². The van der Waals surface area contributed by atoms with Crippen LogP contribution in [0.3, 0.4) is 0 Å². The molecule has 0 fully saturated rings. The summed E-state index contributed by atoms with van der Waals surface area (Å²) in [7, 11) is 0. The molecule has 0 N–H and O–H groups in total. The van der Waals surface area contributed by atoms with Crippen molar-refractivity contribution in [3.8, 4) is 62.2 Å². The van der Waals surface area contributed by atoms with Crippen molar-refractivity contribution in [2.75, 3.05) is 0 Å². The number of aromatic nitrogens is 2. The van der Waals surface area contributed by atoms with Gasteiger partial charge in [0.25, 0.3) is 0 Å². The van der Waals surface area contributed by atoms with E-state index in [4.69, 9.17) is 9.97 Å². The molecule has 0 spiro atoms. The number of fused-ring (bicyclic) bond motifs is 5. The quantitative estimate of drug-likeness (QED) is 0.195. The van der Waals surface area contributed by atoms with Crippen molar-refractivity contribution in [1.29, 1.82) is 5.26 Å². The lowest BCUT2D eigenvalue weighted by atomic mass is 9.82. The summed E-state index contributed by atoms with van der Waals surface area (Å²) in [6.45, 7) is 4.50. The molecule has 230 valence electrons. The third kappa shape index (κ3) is 4.57. The molecule has 0 saturated heterocycles. The normalized spacial score (nSPS) is 12.8. The van der Waals surface area contributed by atoms with Crippen LogP contribution in [0.4, 0.5) is 0 Å². The lowest BCUT2D eigenvalue weighted by Gasteiger charge is -2.21. The fourth-order valence-corrected chi connectivity index (χ4v) is 7.71. The van der Waals surface area contributed by atoms with Crippen molar-refractivity contribution in [3.63, 3.8) is 0 Å². The Bertz CT molecular complexity index is 2530. The molecule has 3 nitrogen and oxygen atoms in total. The predicted molar refractivity (Wildman–Crippen MR) is 201 cm³/mol. The molecular formula is C46H31N3. The maximum Gasteiger partial charge on any atom is 0.161 e. The van der Waals surface area contributed by atoms with E-state index in [0.29, 0.717) is 5.82 Å². The van der Waals surface area contributed by atoms with Gasteiger partial charge in [-0.05, 0) is 61.5 Å². The van der Waals surface area contributed by atoms with Crippen molar-refractivity contribution in [2.24, 2.45) is 0 Å². The minimum atomic E-state index is -0.190. The number of hydrogen-bond donors (Lipinski definition) is 0. The summed E-state index contributed by atoms with van der Waals surface area (Å²) in [4.78, 5) is 10.4. The highest BCUT2D eigenvalue weighted by Gasteiger charge is 2.38. The van der Waals surface area contributed by atoms with E-state index in [-0.39, 0.29) is 5.41 Å². The molecule has 3 heteroatoms. The first kappa shape index (κ1) is 28.8. The second-order valence-corrected chi connectivity index (χ2v) is 13.3. The molecular weight excluding hydrogens is 595 g/mol. The SMILES string of the molecule is CC1(C)c2cccc(C#N)c2-c2c(-c3ccc(-c4cc(-c5cccc6ccccc56)nc(-c5cccc6ccccc56)n4)cc3)cccc21. The fourth-order valence-electron chi connectivity index (χ4n) is 7.71. The Morgan fingerprint density at radius 2 is 1.02 bits per heavy atom. The zero-order chi connectivity index (χ0) is 33.1. The molecule has 0 aliphatic heterocycles. The van der Waals surface area contributed by atoms with Crippen LogP contribution >= 0.6 is 0 Å². The minimum absolute atomic E-state index is 0.190. The number of hydrogen-bond acceptors (Lipinski definition) is 3. The standard InChI is InChI=1S/C46H31N3/c1-46(2)39-21-9-15-33(28-47)43(39)44-36(18-10-22-40(44)46)31-23-25-32(26-24-31)41-27-42(37-19-7-13-29-11-3-5-16-34(29)37)49-45(48-41)38-20-8-14-30-12-4-6-17-35(30)38/h3-27H,1-2H3. The van der Waals surface area contributed by atoms with E-state index in [2.05, 4.69) is 159 Å². The Balaban J connectivity index is 1.21. The number of nitriles is 1. The van der Waals surface area contributed by atoms with Crippen molar-refractivity contribution >= 4 is 21.5 Å². The van der Waals surface area contributed by atoms with Crippen LogP contribution in [-0.2, 0) is 5.41 Å². The molecule has 1 heterocycles. The molecule has 49 heavy (non-hydrogen) atoms. The van der Waals surface area contributed by atoms with Gasteiger partial charge in [0.15, 0.2) is 5.82 Å². The third-order valence-electron chi connectivity index (χ3n) is 10.2. The predicted octanol–water partition coefficient (Wildman–Crippen LogP) is 11.6. The van der Waals surface area contributed by atoms with E-state index in [9.17, 15) is 5.26 Å². The van der Waals surface area contributed by atoms with E-state index in [1.54, 1.807) is 0 Å². The van der Waals surface area contributed by atoms with Crippen LogP contribution in [0, 0.1) is 11.3 Å². The van der Waals surface area contributed by atoms with Crippen molar-refractivity contribution in [3.05, 3.63) is 168 Å². The Hall–Kier alpha value is -6.37. The minimum Gasteiger partial charge on any atom is -0.228 e. The highest BCUT2D eigenvalue weighted by atomic mass is 14.9. The van der Waals surface area contributed by atoms with Gasteiger partial charge in [0.1, 0.15) is 0 Å². The molecule has 9 rings (SSSR count). The van der Waals surface area contributed by atoms with Crippen molar-refractivity contribution in [1.82, 2.24) is 9.97 Å². The molecule has 1 aliphatic carbocycles. The molecule has 0 atom stereocenters. The van der Waals surface area contributed by atoms with Gasteiger partial charge < -0.3 is 0 Å². The first-order valence-electron chi connectivity index (χ1n) is 16.6. The van der Waals surface area contributed by atoms with E-state index >= 15 is 0 Å². The maximum absolute atomic E-state index is 10.1. The lowest BCUT2D eigenvalue weighted by molar-refractivity contribution is 0.660. The second kappa shape index (κ2) is 11.1. The van der Waals surface area contributed by atoms with Crippen molar-refractivity contribution < 1.29 is 0 Å². The summed E-state index contributed by atoms with van der Waals surface area (Å²) in [6, 6.07) is 55.5. The van der Waals surface area contributed by atoms with Gasteiger partial charge in [-0.3, -0.25) is 0 Å². The van der Waals surface area contributed by atoms with Gasteiger partial charge in [0, 0.05) is 27.7 Å². The average molecular weight is 626 g/mol. The van der Waals surface area contributed by atoms with Gasteiger partial charge in [-0.2, -0.15) is 5.26 Å². The number of nitrogens with zero attached hydrogens (tertiary/aromatic N) is 3. The van der Waals surface area contributed by atoms with Gasteiger partial charge in [0.05, 0.1) is 23.0 Å². The van der Waals surface area contributed by atoms with Crippen LogP contribution in [0.15, 0.2) is 152 Å². The maximum atomic E-state index is 10.1. The van der Waals surface area contributed by atoms with Crippen molar-refractivity contribution in [2.45, 2.75) is 19.3 Å². The summed E-state index contributed by atoms with van der Waals surface area (Å²) < 4.78 is 0. The first-order chi connectivity index (χ1) is 24.0.